The number of anilines is 1. The van der Waals surface area contributed by atoms with E-state index in [1.54, 1.807) is 18.2 Å². The number of carbonyl (C=O) groups excluding carboxylic acids is 1. The van der Waals surface area contributed by atoms with Crippen molar-refractivity contribution in [3.63, 3.8) is 0 Å². The first-order valence-corrected chi connectivity index (χ1v) is 8.04. The fraction of sp³-hybridized carbons (Fsp3) is 0.0500. The van der Waals surface area contributed by atoms with E-state index in [9.17, 15) is 28.0 Å². The number of rotatable bonds is 4. The van der Waals surface area contributed by atoms with E-state index in [1.165, 1.54) is 30.3 Å². The second-order valence-corrected chi connectivity index (χ2v) is 5.87. The van der Waals surface area contributed by atoms with Crippen LogP contribution in [0.2, 0.25) is 0 Å². The van der Waals surface area contributed by atoms with Gasteiger partial charge in [-0.25, -0.2) is 0 Å². The van der Waals surface area contributed by atoms with Crippen molar-refractivity contribution in [2.24, 2.45) is 5.18 Å². The maximum atomic E-state index is 12.8. The number of halogens is 3. The van der Waals surface area contributed by atoms with E-state index in [1.807, 2.05) is 0 Å². The molecule has 0 unspecified atom stereocenters. The zero-order valence-corrected chi connectivity index (χ0v) is 14.2. The zero-order valence-electron chi connectivity index (χ0n) is 14.2. The number of hydrogen-bond donors (Lipinski definition) is 2. The minimum absolute atomic E-state index is 0.0972. The molecule has 5 nitrogen and oxygen atoms in total. The molecule has 0 spiro atoms. The number of nitrogens with one attached hydrogen (secondary N) is 1. The van der Waals surface area contributed by atoms with Crippen molar-refractivity contribution >= 4 is 17.3 Å². The maximum Gasteiger partial charge on any atom is 0.416 e. The van der Waals surface area contributed by atoms with Gasteiger partial charge in [-0.3, -0.25) is 4.79 Å². The van der Waals surface area contributed by atoms with Crippen LogP contribution in [-0.2, 0) is 6.18 Å². The van der Waals surface area contributed by atoms with Gasteiger partial charge in [0.05, 0.1) is 11.3 Å². The highest BCUT2D eigenvalue weighted by atomic mass is 19.4. The number of nitrogens with zero attached hydrogens (tertiary/aromatic N) is 1. The highest BCUT2D eigenvalue weighted by Crippen LogP contribution is 2.33. The minimum atomic E-state index is -4.45. The van der Waals surface area contributed by atoms with Gasteiger partial charge < -0.3 is 10.4 Å². The lowest BCUT2D eigenvalue weighted by molar-refractivity contribution is -0.137. The average molecular weight is 386 g/mol. The van der Waals surface area contributed by atoms with Crippen molar-refractivity contribution in [3.05, 3.63) is 82.8 Å². The number of aromatic hydroxyl groups is 1. The van der Waals surface area contributed by atoms with Gasteiger partial charge in [-0.2, -0.15) is 13.2 Å². The lowest BCUT2D eigenvalue weighted by Gasteiger charge is -2.12. The Morgan fingerprint density at radius 3 is 2.29 bits per heavy atom. The number of amides is 1. The highest BCUT2D eigenvalue weighted by Gasteiger charge is 2.30. The van der Waals surface area contributed by atoms with Gasteiger partial charge >= 0.3 is 6.18 Å². The molecule has 0 aliphatic carbocycles. The van der Waals surface area contributed by atoms with E-state index in [0.29, 0.717) is 11.1 Å². The number of nitroso groups, excluding NO2 is 1. The SMILES string of the molecule is O=Nc1cc(O)ccc1NC(=O)c1ccccc1-c1ccc(C(F)(F)F)cc1. The van der Waals surface area contributed by atoms with Crippen molar-refractivity contribution in [2.45, 2.75) is 6.18 Å². The van der Waals surface area contributed by atoms with Crippen LogP contribution in [0.1, 0.15) is 15.9 Å². The molecule has 0 radical (unpaired) electrons. The molecule has 0 fully saturated rings. The van der Waals surface area contributed by atoms with Crippen LogP contribution in [-0.4, -0.2) is 11.0 Å². The Morgan fingerprint density at radius 1 is 0.964 bits per heavy atom. The molecular weight excluding hydrogens is 373 g/mol. The number of carbonyl (C=O) groups is 1. The summed E-state index contributed by atoms with van der Waals surface area (Å²) in [7, 11) is 0. The quantitative estimate of drug-likeness (QED) is 0.444. The zero-order chi connectivity index (χ0) is 20.3. The summed E-state index contributed by atoms with van der Waals surface area (Å²) in [6.45, 7) is 0. The molecule has 0 aliphatic rings. The molecule has 0 atom stereocenters. The number of benzene rings is 3. The summed E-state index contributed by atoms with van der Waals surface area (Å²) < 4.78 is 38.3. The van der Waals surface area contributed by atoms with Crippen LogP contribution in [0.4, 0.5) is 24.5 Å². The molecule has 0 aromatic heterocycles. The highest BCUT2D eigenvalue weighted by molar-refractivity contribution is 6.09. The summed E-state index contributed by atoms with van der Waals surface area (Å²) in [6.07, 6.45) is -4.45. The molecule has 0 saturated carbocycles. The predicted molar refractivity (Wildman–Crippen MR) is 98.4 cm³/mol. The van der Waals surface area contributed by atoms with Crippen molar-refractivity contribution in [2.75, 3.05) is 5.32 Å². The smallest absolute Gasteiger partial charge is 0.416 e. The van der Waals surface area contributed by atoms with Gasteiger partial charge in [-0.15, -0.1) is 4.91 Å². The van der Waals surface area contributed by atoms with Crippen LogP contribution in [0.15, 0.2) is 71.9 Å². The summed E-state index contributed by atoms with van der Waals surface area (Å²) in [5, 5.41) is 14.7. The molecule has 28 heavy (non-hydrogen) atoms. The first-order chi connectivity index (χ1) is 13.3. The second kappa shape index (κ2) is 7.51. The fourth-order valence-electron chi connectivity index (χ4n) is 2.66. The Balaban J connectivity index is 1.94. The third-order valence-corrected chi connectivity index (χ3v) is 4.02. The van der Waals surface area contributed by atoms with Gasteiger partial charge in [0.2, 0.25) is 0 Å². The fourth-order valence-corrected chi connectivity index (χ4v) is 2.66. The Bertz CT molecular complexity index is 1030. The summed E-state index contributed by atoms with van der Waals surface area (Å²) in [5.41, 5.74) is 0.211. The van der Waals surface area contributed by atoms with Crippen LogP contribution in [0, 0.1) is 4.91 Å². The van der Waals surface area contributed by atoms with Gasteiger partial charge in [-0.05, 0) is 46.6 Å². The van der Waals surface area contributed by atoms with Crippen LogP contribution in [0.25, 0.3) is 11.1 Å². The summed E-state index contributed by atoms with van der Waals surface area (Å²) in [4.78, 5) is 23.6. The third kappa shape index (κ3) is 4.01. The molecule has 0 saturated heterocycles. The number of phenolic OH excluding ortho intramolecular Hbond substituents is 1. The van der Waals surface area contributed by atoms with Gasteiger partial charge in [0, 0.05) is 11.6 Å². The van der Waals surface area contributed by atoms with E-state index in [2.05, 4.69) is 10.5 Å². The van der Waals surface area contributed by atoms with E-state index in [-0.39, 0.29) is 22.7 Å². The largest absolute Gasteiger partial charge is 0.508 e. The first-order valence-electron chi connectivity index (χ1n) is 8.04. The van der Waals surface area contributed by atoms with Gasteiger partial charge in [-0.1, -0.05) is 30.3 Å². The molecule has 3 aromatic carbocycles. The normalized spacial score (nSPS) is 11.1. The second-order valence-electron chi connectivity index (χ2n) is 5.87. The minimum Gasteiger partial charge on any atom is -0.508 e. The molecule has 1 amide bonds. The molecule has 3 aromatic rings. The number of phenols is 1. The average Bonchev–Trinajstić information content (AvgIpc) is 2.68. The van der Waals surface area contributed by atoms with Crippen molar-refractivity contribution in [1.29, 1.82) is 0 Å². The number of hydrogen-bond acceptors (Lipinski definition) is 4. The van der Waals surface area contributed by atoms with Crippen molar-refractivity contribution in [3.8, 4) is 16.9 Å². The summed E-state index contributed by atoms with van der Waals surface area (Å²) >= 11 is 0. The Hall–Kier alpha value is -3.68. The first kappa shape index (κ1) is 19.1. The van der Waals surface area contributed by atoms with E-state index >= 15 is 0 Å². The maximum absolute atomic E-state index is 12.8. The van der Waals surface area contributed by atoms with Gasteiger partial charge in [0.15, 0.2) is 0 Å². The van der Waals surface area contributed by atoms with Crippen molar-refractivity contribution < 1.29 is 23.1 Å². The topological polar surface area (TPSA) is 78.8 Å². The molecule has 8 heteroatoms. The lowest BCUT2D eigenvalue weighted by Crippen LogP contribution is -2.13. The monoisotopic (exact) mass is 386 g/mol. The lowest BCUT2D eigenvalue weighted by atomic mass is 9.98. The molecule has 0 heterocycles. The number of alkyl halides is 3. The molecular formula is C20H13F3N2O3. The molecule has 142 valence electrons. The summed E-state index contributed by atoms with van der Waals surface area (Å²) in [5.74, 6) is -0.760. The van der Waals surface area contributed by atoms with Crippen molar-refractivity contribution in [1.82, 2.24) is 0 Å². The summed E-state index contributed by atoms with van der Waals surface area (Å²) in [6, 6.07) is 14.5. The van der Waals surface area contributed by atoms with Gasteiger partial charge in [0.1, 0.15) is 11.4 Å². The van der Waals surface area contributed by atoms with Gasteiger partial charge in [0.25, 0.3) is 5.91 Å². The predicted octanol–water partition coefficient (Wildman–Crippen LogP) is 5.73. The molecule has 2 N–H and O–H groups in total. The Labute approximate surface area is 157 Å². The molecule has 3 rings (SSSR count). The molecule has 0 aliphatic heterocycles. The Kier molecular flexibility index (Phi) is 5.12. The van der Waals surface area contributed by atoms with E-state index in [0.717, 1.165) is 18.2 Å². The van der Waals surface area contributed by atoms with Crippen LogP contribution in [0.5, 0.6) is 5.75 Å². The Morgan fingerprint density at radius 2 is 1.64 bits per heavy atom. The van der Waals surface area contributed by atoms with Crippen LogP contribution < -0.4 is 5.32 Å². The van der Waals surface area contributed by atoms with E-state index < -0.39 is 17.6 Å². The van der Waals surface area contributed by atoms with E-state index in [4.69, 9.17) is 0 Å². The van der Waals surface area contributed by atoms with Crippen LogP contribution >= 0.6 is 0 Å². The molecule has 0 bridgehead atoms. The standard InChI is InChI=1S/C20H13F3N2O3/c21-20(22,23)13-7-5-12(6-8-13)15-3-1-2-4-16(15)19(27)24-17-10-9-14(26)11-18(17)25-28/h1-11,26H,(H,24,27). The third-order valence-electron chi connectivity index (χ3n) is 4.02. The van der Waals surface area contributed by atoms with Crippen LogP contribution in [0.3, 0.4) is 0 Å².